The molecule has 0 aliphatic carbocycles. The number of rotatable bonds is 7. The Bertz CT molecular complexity index is 921. The monoisotopic (exact) mass is 391 g/mol. The predicted octanol–water partition coefficient (Wildman–Crippen LogP) is 3.86. The number of benzene rings is 3. The lowest BCUT2D eigenvalue weighted by Gasteiger charge is -2.27. The molecule has 0 aromatic heterocycles. The fourth-order valence-electron chi connectivity index (χ4n) is 3.36. The molecule has 3 rings (SSSR count). The van der Waals surface area contributed by atoms with Gasteiger partial charge in [0, 0.05) is 5.92 Å². The number of carbonyl (C=O) groups is 2. The average molecular weight is 391 g/mol. The van der Waals surface area contributed by atoms with E-state index in [-0.39, 0.29) is 12.3 Å². The van der Waals surface area contributed by atoms with E-state index in [1.165, 1.54) is 19.2 Å². The van der Waals surface area contributed by atoms with Crippen molar-refractivity contribution in [1.29, 1.82) is 0 Å². The van der Waals surface area contributed by atoms with E-state index in [1.54, 1.807) is 12.1 Å². The SMILES string of the molecule is COC(=O)[C@H](NC(=O)Cc1cccc(F)c1)C(c1ccccc1)c1ccccc1. The standard InChI is InChI=1S/C24H22FNO3/c1-29-24(28)23(26-21(27)16-17-9-8-14-20(25)15-17)22(18-10-4-2-5-11-18)19-12-6-3-7-13-19/h2-15,22-23H,16H2,1H3,(H,26,27)/t23-/m1/s1. The van der Waals surface area contributed by atoms with Gasteiger partial charge in [0.2, 0.25) is 5.91 Å². The van der Waals surface area contributed by atoms with Gasteiger partial charge in [-0.05, 0) is 28.8 Å². The molecule has 0 aliphatic heterocycles. The minimum Gasteiger partial charge on any atom is -0.467 e. The molecule has 148 valence electrons. The molecule has 3 aromatic carbocycles. The fraction of sp³-hybridized carbons (Fsp3) is 0.167. The zero-order chi connectivity index (χ0) is 20.6. The van der Waals surface area contributed by atoms with Crippen molar-refractivity contribution in [3.8, 4) is 0 Å². The lowest BCUT2D eigenvalue weighted by Crippen LogP contribution is -2.46. The Balaban J connectivity index is 1.92. The van der Waals surface area contributed by atoms with Crippen LogP contribution in [0.3, 0.4) is 0 Å². The Morgan fingerprint density at radius 3 is 2.00 bits per heavy atom. The molecule has 0 heterocycles. The van der Waals surface area contributed by atoms with Gasteiger partial charge in [0.25, 0.3) is 0 Å². The summed E-state index contributed by atoms with van der Waals surface area (Å²) in [5.74, 6) is -1.77. The van der Waals surface area contributed by atoms with Crippen molar-refractivity contribution in [2.75, 3.05) is 7.11 Å². The maximum Gasteiger partial charge on any atom is 0.329 e. The second-order valence-electron chi connectivity index (χ2n) is 6.67. The Kier molecular flexibility index (Phi) is 6.74. The number of methoxy groups -OCH3 is 1. The van der Waals surface area contributed by atoms with Crippen molar-refractivity contribution in [2.45, 2.75) is 18.4 Å². The van der Waals surface area contributed by atoms with Crippen LogP contribution in [0.5, 0.6) is 0 Å². The Morgan fingerprint density at radius 1 is 0.897 bits per heavy atom. The largest absolute Gasteiger partial charge is 0.467 e. The number of carbonyl (C=O) groups excluding carboxylic acids is 2. The maximum atomic E-state index is 13.4. The molecule has 0 saturated heterocycles. The highest BCUT2D eigenvalue weighted by molar-refractivity contribution is 5.87. The normalized spacial score (nSPS) is 11.7. The first kappa shape index (κ1) is 20.3. The number of nitrogens with one attached hydrogen (secondary N) is 1. The van der Waals surface area contributed by atoms with E-state index in [0.717, 1.165) is 11.1 Å². The van der Waals surface area contributed by atoms with E-state index in [9.17, 15) is 14.0 Å². The second-order valence-corrected chi connectivity index (χ2v) is 6.67. The van der Waals surface area contributed by atoms with E-state index < -0.39 is 23.7 Å². The highest BCUT2D eigenvalue weighted by Gasteiger charge is 2.33. The first-order chi connectivity index (χ1) is 14.1. The molecule has 5 heteroatoms. The van der Waals surface area contributed by atoms with Gasteiger partial charge in [-0.1, -0.05) is 72.8 Å². The van der Waals surface area contributed by atoms with Crippen LogP contribution in [0.25, 0.3) is 0 Å². The van der Waals surface area contributed by atoms with Gasteiger partial charge >= 0.3 is 5.97 Å². The van der Waals surface area contributed by atoms with Crippen molar-refractivity contribution in [3.05, 3.63) is 107 Å². The molecule has 0 aliphatic rings. The van der Waals surface area contributed by atoms with E-state index in [0.29, 0.717) is 5.56 Å². The van der Waals surface area contributed by atoms with Gasteiger partial charge in [0.05, 0.1) is 13.5 Å². The van der Waals surface area contributed by atoms with Crippen molar-refractivity contribution in [2.24, 2.45) is 0 Å². The Morgan fingerprint density at radius 2 is 1.48 bits per heavy atom. The lowest BCUT2D eigenvalue weighted by molar-refractivity contribution is -0.145. The zero-order valence-corrected chi connectivity index (χ0v) is 16.0. The quantitative estimate of drug-likeness (QED) is 0.623. The summed E-state index contributed by atoms with van der Waals surface area (Å²) in [5.41, 5.74) is 2.28. The molecule has 0 saturated carbocycles. The summed E-state index contributed by atoms with van der Waals surface area (Å²) < 4.78 is 18.4. The van der Waals surface area contributed by atoms with Crippen molar-refractivity contribution >= 4 is 11.9 Å². The van der Waals surface area contributed by atoms with E-state index in [4.69, 9.17) is 4.74 Å². The molecule has 4 nitrogen and oxygen atoms in total. The van der Waals surface area contributed by atoms with Gasteiger partial charge in [0.1, 0.15) is 11.9 Å². The molecule has 29 heavy (non-hydrogen) atoms. The summed E-state index contributed by atoms with van der Waals surface area (Å²) in [6, 6.07) is 23.9. The van der Waals surface area contributed by atoms with Gasteiger partial charge in [-0.25, -0.2) is 9.18 Å². The van der Waals surface area contributed by atoms with Crippen LogP contribution < -0.4 is 5.32 Å². The zero-order valence-electron chi connectivity index (χ0n) is 16.0. The molecule has 0 unspecified atom stereocenters. The number of amides is 1. The number of esters is 1. The van der Waals surface area contributed by atoms with Crippen molar-refractivity contribution in [1.82, 2.24) is 5.32 Å². The van der Waals surface area contributed by atoms with Crippen LogP contribution in [-0.4, -0.2) is 25.0 Å². The molecule has 1 amide bonds. The number of ether oxygens (including phenoxy) is 1. The highest BCUT2D eigenvalue weighted by Crippen LogP contribution is 2.29. The van der Waals surface area contributed by atoms with Crippen LogP contribution in [0.4, 0.5) is 4.39 Å². The molecule has 3 aromatic rings. The van der Waals surface area contributed by atoms with Crippen LogP contribution in [0.15, 0.2) is 84.9 Å². The molecule has 1 atom stereocenters. The van der Waals surface area contributed by atoms with Crippen LogP contribution in [0.2, 0.25) is 0 Å². The molecular formula is C24H22FNO3. The van der Waals surface area contributed by atoms with Crippen LogP contribution in [0.1, 0.15) is 22.6 Å². The first-order valence-corrected chi connectivity index (χ1v) is 9.30. The molecule has 1 N–H and O–H groups in total. The minimum atomic E-state index is -0.925. The second kappa shape index (κ2) is 9.64. The van der Waals surface area contributed by atoms with Gasteiger partial charge < -0.3 is 10.1 Å². The summed E-state index contributed by atoms with van der Waals surface area (Å²) in [6.07, 6.45) is -0.0401. The van der Waals surface area contributed by atoms with Crippen LogP contribution in [0, 0.1) is 5.82 Å². The van der Waals surface area contributed by atoms with Gasteiger partial charge in [-0.2, -0.15) is 0 Å². The highest BCUT2D eigenvalue weighted by atomic mass is 19.1. The first-order valence-electron chi connectivity index (χ1n) is 9.30. The maximum absolute atomic E-state index is 13.4. The lowest BCUT2D eigenvalue weighted by atomic mass is 9.85. The Labute approximate surface area is 169 Å². The number of hydrogen-bond donors (Lipinski definition) is 1. The Hall–Kier alpha value is -3.47. The van der Waals surface area contributed by atoms with Gasteiger partial charge in [-0.15, -0.1) is 0 Å². The topological polar surface area (TPSA) is 55.4 Å². The summed E-state index contributed by atoms with van der Waals surface area (Å²) >= 11 is 0. The third-order valence-corrected chi connectivity index (χ3v) is 4.68. The molecule has 0 bridgehead atoms. The molecule has 0 radical (unpaired) electrons. The van der Waals surface area contributed by atoms with Gasteiger partial charge in [0.15, 0.2) is 0 Å². The third-order valence-electron chi connectivity index (χ3n) is 4.68. The van der Waals surface area contributed by atoms with Crippen LogP contribution in [-0.2, 0) is 20.7 Å². The summed E-state index contributed by atoms with van der Waals surface area (Å²) in [5, 5.41) is 2.80. The van der Waals surface area contributed by atoms with Crippen molar-refractivity contribution < 1.29 is 18.7 Å². The summed E-state index contributed by atoms with van der Waals surface area (Å²) in [6.45, 7) is 0. The average Bonchev–Trinajstić information content (AvgIpc) is 2.74. The van der Waals surface area contributed by atoms with Crippen molar-refractivity contribution in [3.63, 3.8) is 0 Å². The van der Waals surface area contributed by atoms with E-state index >= 15 is 0 Å². The van der Waals surface area contributed by atoms with Crippen LogP contribution >= 0.6 is 0 Å². The van der Waals surface area contributed by atoms with E-state index in [1.807, 2.05) is 60.7 Å². The summed E-state index contributed by atoms with van der Waals surface area (Å²) in [4.78, 5) is 25.3. The predicted molar refractivity (Wildman–Crippen MR) is 109 cm³/mol. The molecular weight excluding hydrogens is 369 g/mol. The molecule has 0 fully saturated rings. The smallest absolute Gasteiger partial charge is 0.329 e. The minimum absolute atomic E-state index is 0.0401. The number of halogens is 1. The third kappa shape index (κ3) is 5.29. The molecule has 0 spiro atoms. The van der Waals surface area contributed by atoms with Gasteiger partial charge in [-0.3, -0.25) is 4.79 Å². The summed E-state index contributed by atoms with van der Waals surface area (Å²) in [7, 11) is 1.29. The fourth-order valence-corrected chi connectivity index (χ4v) is 3.36. The van der Waals surface area contributed by atoms with E-state index in [2.05, 4.69) is 5.32 Å². The number of hydrogen-bond acceptors (Lipinski definition) is 3.